The SMILES string of the molecule is c1ccc(-c2cnc(-c3ccc4c(c3)sc3c4ccc4c3c3ccccc3n4-c3ccccc3)c(-c3nc(-c4ccccc4)nc(-c4ccccc4)n3)c2)cc1. The molecule has 56 heavy (non-hydrogen) atoms. The third-order valence-corrected chi connectivity index (χ3v) is 11.7. The van der Waals surface area contributed by atoms with Crippen molar-refractivity contribution in [2.24, 2.45) is 0 Å². The summed E-state index contributed by atoms with van der Waals surface area (Å²) in [6, 6.07) is 63.4. The van der Waals surface area contributed by atoms with Gasteiger partial charge in [0, 0.05) is 70.6 Å². The third-order valence-electron chi connectivity index (χ3n) is 10.5. The normalized spacial score (nSPS) is 11.6. The molecule has 262 valence electrons. The molecule has 0 aliphatic carbocycles. The highest BCUT2D eigenvalue weighted by atomic mass is 32.1. The van der Waals surface area contributed by atoms with Crippen molar-refractivity contribution < 1.29 is 0 Å². The summed E-state index contributed by atoms with van der Waals surface area (Å²) in [5, 5.41) is 5.02. The number of aromatic nitrogens is 5. The first kappa shape index (κ1) is 32.2. The first-order valence-corrected chi connectivity index (χ1v) is 19.5. The Bertz CT molecular complexity index is 3170. The van der Waals surface area contributed by atoms with Crippen molar-refractivity contribution in [3.05, 3.63) is 188 Å². The second-order valence-electron chi connectivity index (χ2n) is 13.9. The van der Waals surface area contributed by atoms with Gasteiger partial charge in [0.05, 0.1) is 16.7 Å². The average Bonchev–Trinajstić information content (AvgIpc) is 3.83. The van der Waals surface area contributed by atoms with E-state index in [0.29, 0.717) is 17.5 Å². The maximum Gasteiger partial charge on any atom is 0.166 e. The topological polar surface area (TPSA) is 56.5 Å². The summed E-state index contributed by atoms with van der Waals surface area (Å²) in [5.74, 6) is 1.80. The smallest absolute Gasteiger partial charge is 0.166 e. The van der Waals surface area contributed by atoms with Crippen LogP contribution in [0.15, 0.2) is 188 Å². The van der Waals surface area contributed by atoms with Crippen LogP contribution in [0.5, 0.6) is 0 Å². The van der Waals surface area contributed by atoms with Crippen LogP contribution in [0.4, 0.5) is 0 Å². The lowest BCUT2D eigenvalue weighted by atomic mass is 9.99. The molecule has 11 aromatic rings. The first-order chi connectivity index (χ1) is 27.8. The number of benzene rings is 7. The molecule has 0 unspecified atom stereocenters. The summed E-state index contributed by atoms with van der Waals surface area (Å²) >= 11 is 1.84. The summed E-state index contributed by atoms with van der Waals surface area (Å²) in [6.07, 6.45) is 1.96. The molecular weight excluding hydrogens is 703 g/mol. The van der Waals surface area contributed by atoms with Crippen molar-refractivity contribution in [3.8, 4) is 62.2 Å². The Morgan fingerprint density at radius 3 is 1.70 bits per heavy atom. The molecule has 0 saturated carbocycles. The van der Waals surface area contributed by atoms with Crippen molar-refractivity contribution in [3.63, 3.8) is 0 Å². The number of nitrogens with zero attached hydrogens (tertiary/aromatic N) is 5. The first-order valence-electron chi connectivity index (χ1n) is 18.6. The van der Waals surface area contributed by atoms with Gasteiger partial charge in [-0.15, -0.1) is 11.3 Å². The van der Waals surface area contributed by atoms with E-state index >= 15 is 0 Å². The standard InChI is InChI=1S/C50H31N5S/c1-5-15-32(16-6-1)36-29-41(50-53-48(33-17-7-2-8-18-33)52-49(54-50)34-19-9-3-10-20-34)46(51-31-36)35-25-26-38-39-27-28-43-45(47(39)56-44(38)30-35)40-23-13-14-24-42(40)55(43)37-21-11-4-12-22-37/h1-31H. The maximum absolute atomic E-state index is 5.20. The van der Waals surface area contributed by atoms with Crippen molar-refractivity contribution in [2.75, 3.05) is 0 Å². The molecule has 0 fully saturated rings. The molecule has 5 nitrogen and oxygen atoms in total. The predicted octanol–water partition coefficient (Wildman–Crippen LogP) is 13.1. The summed E-state index contributed by atoms with van der Waals surface area (Å²) in [7, 11) is 0. The molecule has 0 saturated heterocycles. The van der Waals surface area contributed by atoms with Crippen molar-refractivity contribution in [1.82, 2.24) is 24.5 Å². The lowest BCUT2D eigenvalue weighted by Gasteiger charge is -2.13. The number of para-hydroxylation sites is 2. The van der Waals surface area contributed by atoms with Crippen LogP contribution in [0.25, 0.3) is 104 Å². The van der Waals surface area contributed by atoms with Crippen LogP contribution in [-0.2, 0) is 0 Å². The van der Waals surface area contributed by atoms with Crippen molar-refractivity contribution in [1.29, 1.82) is 0 Å². The van der Waals surface area contributed by atoms with Gasteiger partial charge >= 0.3 is 0 Å². The average molecular weight is 734 g/mol. The molecule has 0 bridgehead atoms. The Labute approximate surface area is 326 Å². The van der Waals surface area contributed by atoms with Gasteiger partial charge in [0.25, 0.3) is 0 Å². The molecule has 7 aromatic carbocycles. The zero-order valence-corrected chi connectivity index (χ0v) is 30.9. The fourth-order valence-electron chi connectivity index (χ4n) is 7.87. The Morgan fingerprint density at radius 1 is 0.411 bits per heavy atom. The molecule has 0 aliphatic heterocycles. The molecule has 0 spiro atoms. The van der Waals surface area contributed by atoms with E-state index in [4.69, 9.17) is 19.9 Å². The second-order valence-corrected chi connectivity index (χ2v) is 14.9. The van der Waals surface area contributed by atoms with Gasteiger partial charge in [-0.25, -0.2) is 15.0 Å². The minimum atomic E-state index is 0.574. The number of rotatable bonds is 6. The fraction of sp³-hybridized carbons (Fsp3) is 0. The molecule has 6 heteroatoms. The van der Waals surface area contributed by atoms with Crippen LogP contribution in [0.1, 0.15) is 0 Å². The van der Waals surface area contributed by atoms with Gasteiger partial charge in [-0.05, 0) is 42.0 Å². The predicted molar refractivity (Wildman–Crippen MR) is 232 cm³/mol. The van der Waals surface area contributed by atoms with Gasteiger partial charge in [-0.2, -0.15) is 0 Å². The van der Waals surface area contributed by atoms with E-state index in [1.54, 1.807) is 0 Å². The van der Waals surface area contributed by atoms with E-state index in [2.05, 4.69) is 120 Å². The highest BCUT2D eigenvalue weighted by Crippen LogP contribution is 2.45. The molecule has 4 heterocycles. The van der Waals surface area contributed by atoms with Gasteiger partial charge in [-0.3, -0.25) is 4.98 Å². The lowest BCUT2D eigenvalue weighted by molar-refractivity contribution is 1.07. The number of hydrogen-bond donors (Lipinski definition) is 0. The quantitative estimate of drug-likeness (QED) is 0.171. The highest BCUT2D eigenvalue weighted by Gasteiger charge is 2.21. The molecule has 0 aliphatic rings. The van der Waals surface area contributed by atoms with Gasteiger partial charge in [-0.1, -0.05) is 146 Å². The highest BCUT2D eigenvalue weighted by molar-refractivity contribution is 7.26. The summed E-state index contributed by atoms with van der Waals surface area (Å²) < 4.78 is 4.87. The van der Waals surface area contributed by atoms with Gasteiger partial charge in [0.2, 0.25) is 0 Å². The number of fused-ring (bicyclic) bond motifs is 7. The van der Waals surface area contributed by atoms with E-state index in [1.807, 2.05) is 84.3 Å². The van der Waals surface area contributed by atoms with Gasteiger partial charge in [0.1, 0.15) is 0 Å². The Kier molecular flexibility index (Phi) is 7.60. The fourth-order valence-corrected chi connectivity index (χ4v) is 9.17. The van der Waals surface area contributed by atoms with Crippen LogP contribution in [-0.4, -0.2) is 24.5 Å². The number of pyridine rings is 1. The van der Waals surface area contributed by atoms with E-state index in [9.17, 15) is 0 Å². The van der Waals surface area contributed by atoms with E-state index < -0.39 is 0 Å². The third kappa shape index (κ3) is 5.38. The van der Waals surface area contributed by atoms with Gasteiger partial charge < -0.3 is 4.57 Å². The van der Waals surface area contributed by atoms with Crippen LogP contribution < -0.4 is 0 Å². The van der Waals surface area contributed by atoms with Crippen LogP contribution in [0.3, 0.4) is 0 Å². The number of thiophene rings is 1. The molecule has 0 amide bonds. The van der Waals surface area contributed by atoms with Gasteiger partial charge in [0.15, 0.2) is 17.5 Å². The van der Waals surface area contributed by atoms with E-state index in [0.717, 1.165) is 44.8 Å². The summed E-state index contributed by atoms with van der Waals surface area (Å²) in [5.41, 5.74) is 10.1. The molecule has 0 atom stereocenters. The van der Waals surface area contributed by atoms with Crippen LogP contribution in [0.2, 0.25) is 0 Å². The molecular formula is C50H31N5S. The van der Waals surface area contributed by atoms with Crippen LogP contribution in [0, 0.1) is 0 Å². The molecule has 4 aromatic heterocycles. The molecule has 11 rings (SSSR count). The summed E-state index contributed by atoms with van der Waals surface area (Å²) in [4.78, 5) is 20.5. The Balaban J connectivity index is 1.14. The lowest BCUT2D eigenvalue weighted by Crippen LogP contribution is -2.02. The molecule has 0 N–H and O–H groups in total. The molecule has 0 radical (unpaired) electrons. The maximum atomic E-state index is 5.20. The number of hydrogen-bond acceptors (Lipinski definition) is 5. The minimum Gasteiger partial charge on any atom is -0.309 e. The van der Waals surface area contributed by atoms with E-state index in [-0.39, 0.29) is 0 Å². The Morgan fingerprint density at radius 2 is 1.00 bits per heavy atom. The Hall–Kier alpha value is -7.28. The monoisotopic (exact) mass is 733 g/mol. The zero-order chi connectivity index (χ0) is 37.0. The van der Waals surface area contributed by atoms with Crippen molar-refractivity contribution >= 4 is 53.3 Å². The largest absolute Gasteiger partial charge is 0.309 e. The van der Waals surface area contributed by atoms with Crippen LogP contribution >= 0.6 is 11.3 Å². The van der Waals surface area contributed by atoms with Crippen molar-refractivity contribution in [2.45, 2.75) is 0 Å². The second kappa shape index (κ2) is 13.2. The zero-order valence-electron chi connectivity index (χ0n) is 30.0. The summed E-state index contributed by atoms with van der Waals surface area (Å²) in [6.45, 7) is 0. The minimum absolute atomic E-state index is 0.574. The van der Waals surface area contributed by atoms with E-state index in [1.165, 1.54) is 42.0 Å².